The summed E-state index contributed by atoms with van der Waals surface area (Å²) in [5.41, 5.74) is 7.80. The molecule has 4 aromatic heterocycles. The van der Waals surface area contributed by atoms with Crippen molar-refractivity contribution in [2.24, 2.45) is 0 Å². The van der Waals surface area contributed by atoms with E-state index in [4.69, 9.17) is 4.98 Å². The maximum Gasteiger partial charge on any atom is 0.176 e. The van der Waals surface area contributed by atoms with Gasteiger partial charge in [0.1, 0.15) is 11.2 Å². The normalized spacial score (nSPS) is 12.4. The van der Waals surface area contributed by atoms with Gasteiger partial charge in [-0.3, -0.25) is 10.1 Å². The van der Waals surface area contributed by atoms with E-state index in [1.54, 1.807) is 24.5 Å². The number of H-pyrrole nitrogens is 2. The number of hydrogen-bond acceptors (Lipinski definition) is 5. The number of pyridine rings is 1. The molecule has 0 saturated heterocycles. The van der Waals surface area contributed by atoms with Crippen molar-refractivity contribution in [3.8, 4) is 22.0 Å². The van der Waals surface area contributed by atoms with E-state index in [2.05, 4.69) is 69.8 Å². The van der Waals surface area contributed by atoms with E-state index in [0.717, 1.165) is 79.1 Å². The highest BCUT2D eigenvalue weighted by Crippen LogP contribution is 2.34. The molecule has 3 N–H and O–H groups in total. The molecule has 5 rings (SSSR count). The van der Waals surface area contributed by atoms with E-state index in [-0.39, 0.29) is 5.13 Å². The third-order valence-corrected chi connectivity index (χ3v) is 6.98. The highest BCUT2D eigenvalue weighted by molar-refractivity contribution is 7.14. The van der Waals surface area contributed by atoms with Gasteiger partial charge in [0.25, 0.3) is 0 Å². The van der Waals surface area contributed by atoms with Crippen molar-refractivity contribution in [2.45, 2.75) is 26.7 Å². The Balaban J connectivity index is 1.54. The van der Waals surface area contributed by atoms with Gasteiger partial charge in [0.2, 0.25) is 0 Å². The summed E-state index contributed by atoms with van der Waals surface area (Å²) in [4.78, 5) is 13.3. The molecule has 5 aromatic rings. The van der Waals surface area contributed by atoms with Gasteiger partial charge in [-0.25, -0.2) is 4.98 Å². The van der Waals surface area contributed by atoms with Crippen LogP contribution in [-0.4, -0.2) is 25.1 Å². The third kappa shape index (κ3) is 4.88. The van der Waals surface area contributed by atoms with Crippen LogP contribution in [0.25, 0.3) is 49.5 Å². The Labute approximate surface area is 218 Å². The number of rotatable bonds is 9. The lowest BCUT2D eigenvalue weighted by Crippen LogP contribution is -2.10. The number of aromatic amines is 2. The first-order valence-electron chi connectivity index (χ1n) is 12.0. The maximum atomic E-state index is 13.7. The standard InChI is InChI=1S/C29H27FN6S/c1-5-8-17(4)32-20(7-3)13-18(6-2)19-9-10-23-21(14-19)28(36-35-23)29-33-24-16-31-15-22(27(24)34-29)25-11-12-26(30)37-25/h6-7,9-16,32H,3-5,8H2,1-2H3,(H,33,34)(H,35,36)/b18-6+,20-13+. The number of benzene rings is 1. The number of halogens is 1. The van der Waals surface area contributed by atoms with E-state index < -0.39 is 0 Å². The zero-order valence-electron chi connectivity index (χ0n) is 20.7. The predicted octanol–water partition coefficient (Wildman–Crippen LogP) is 7.75. The van der Waals surface area contributed by atoms with Gasteiger partial charge < -0.3 is 10.3 Å². The second kappa shape index (κ2) is 10.4. The number of fused-ring (bicyclic) bond motifs is 2. The van der Waals surface area contributed by atoms with Crippen LogP contribution in [0.15, 0.2) is 85.5 Å². The summed E-state index contributed by atoms with van der Waals surface area (Å²) in [5, 5.41) is 11.7. The average Bonchev–Trinajstić information content (AvgIpc) is 3.63. The molecule has 8 heteroatoms. The van der Waals surface area contributed by atoms with Crippen LogP contribution in [0.4, 0.5) is 4.39 Å². The van der Waals surface area contributed by atoms with Gasteiger partial charge in [-0.15, -0.1) is 11.3 Å². The summed E-state index contributed by atoms with van der Waals surface area (Å²) >= 11 is 1.07. The molecule has 0 unspecified atom stereocenters. The minimum atomic E-state index is -0.244. The molecule has 0 radical (unpaired) electrons. The Morgan fingerprint density at radius 3 is 2.78 bits per heavy atom. The lowest BCUT2D eigenvalue weighted by molar-refractivity contribution is 0.657. The number of allylic oxidation sites excluding steroid dienone is 5. The fourth-order valence-corrected chi connectivity index (χ4v) is 5.02. The Morgan fingerprint density at radius 1 is 1.19 bits per heavy atom. The molecule has 0 aliphatic rings. The molecule has 0 atom stereocenters. The van der Waals surface area contributed by atoms with Crippen LogP contribution in [0.3, 0.4) is 0 Å². The monoisotopic (exact) mass is 510 g/mol. The van der Waals surface area contributed by atoms with Gasteiger partial charge in [0.15, 0.2) is 11.0 Å². The summed E-state index contributed by atoms with van der Waals surface area (Å²) < 4.78 is 13.7. The second-order valence-electron chi connectivity index (χ2n) is 8.63. The van der Waals surface area contributed by atoms with Gasteiger partial charge in [-0.1, -0.05) is 38.6 Å². The number of aromatic nitrogens is 5. The largest absolute Gasteiger partial charge is 0.359 e. The van der Waals surface area contributed by atoms with E-state index in [9.17, 15) is 4.39 Å². The zero-order valence-corrected chi connectivity index (χ0v) is 21.5. The van der Waals surface area contributed by atoms with Gasteiger partial charge in [-0.2, -0.15) is 9.49 Å². The fraction of sp³-hybridized carbons (Fsp3) is 0.138. The highest BCUT2D eigenvalue weighted by atomic mass is 32.1. The van der Waals surface area contributed by atoms with Crippen molar-refractivity contribution in [2.75, 3.05) is 0 Å². The molecule has 1 aromatic carbocycles. The molecule has 186 valence electrons. The number of imidazole rings is 1. The van der Waals surface area contributed by atoms with Crippen molar-refractivity contribution >= 4 is 38.8 Å². The van der Waals surface area contributed by atoms with Crippen LogP contribution in [-0.2, 0) is 0 Å². The van der Waals surface area contributed by atoms with Gasteiger partial charge in [-0.05, 0) is 60.9 Å². The lowest BCUT2D eigenvalue weighted by atomic mass is 10.0. The molecule has 0 aliphatic carbocycles. The van der Waals surface area contributed by atoms with Crippen LogP contribution in [0, 0.1) is 5.13 Å². The first-order chi connectivity index (χ1) is 18.0. The van der Waals surface area contributed by atoms with Crippen molar-refractivity contribution in [1.29, 1.82) is 0 Å². The fourth-order valence-electron chi connectivity index (χ4n) is 4.27. The van der Waals surface area contributed by atoms with Crippen LogP contribution < -0.4 is 5.32 Å². The quantitative estimate of drug-likeness (QED) is 0.177. The van der Waals surface area contributed by atoms with Gasteiger partial charge in [0.05, 0.1) is 17.2 Å². The Kier molecular flexibility index (Phi) is 6.83. The molecule has 37 heavy (non-hydrogen) atoms. The minimum absolute atomic E-state index is 0.244. The molecule has 0 saturated carbocycles. The molecule has 4 heterocycles. The summed E-state index contributed by atoms with van der Waals surface area (Å²) in [7, 11) is 0. The van der Waals surface area contributed by atoms with E-state index in [0.29, 0.717) is 11.5 Å². The number of nitrogens with one attached hydrogen (secondary N) is 3. The molecular formula is C29H27FN6S. The third-order valence-electron chi connectivity index (χ3n) is 6.07. The van der Waals surface area contributed by atoms with Gasteiger partial charge >= 0.3 is 0 Å². The van der Waals surface area contributed by atoms with Crippen molar-refractivity contribution in [3.05, 3.63) is 96.2 Å². The number of thiophene rings is 1. The second-order valence-corrected chi connectivity index (χ2v) is 9.67. The van der Waals surface area contributed by atoms with E-state index in [1.165, 1.54) is 6.07 Å². The van der Waals surface area contributed by atoms with Crippen molar-refractivity contribution < 1.29 is 4.39 Å². The smallest absolute Gasteiger partial charge is 0.176 e. The Morgan fingerprint density at radius 2 is 2.05 bits per heavy atom. The summed E-state index contributed by atoms with van der Waals surface area (Å²) in [6, 6.07) is 9.37. The molecule has 0 bridgehead atoms. The molecule has 0 amide bonds. The summed E-state index contributed by atoms with van der Waals surface area (Å²) in [6.45, 7) is 12.2. The zero-order chi connectivity index (χ0) is 25.9. The number of hydrogen-bond donors (Lipinski definition) is 3. The summed E-state index contributed by atoms with van der Waals surface area (Å²) in [6.07, 6.45) is 11.3. The Hall–Kier alpha value is -4.30. The van der Waals surface area contributed by atoms with Crippen LogP contribution in [0.2, 0.25) is 0 Å². The van der Waals surface area contributed by atoms with Crippen molar-refractivity contribution in [1.82, 2.24) is 30.5 Å². The SMILES string of the molecule is C=C/C(=C\C(=C/C)c1ccc2[nH]nc(-c3nc4c(-c5ccc(F)s5)cncc4[nH]3)c2c1)NC(=C)CCC. The summed E-state index contributed by atoms with van der Waals surface area (Å²) in [5.74, 6) is 0.617. The molecular weight excluding hydrogens is 483 g/mol. The molecule has 0 spiro atoms. The van der Waals surface area contributed by atoms with Crippen LogP contribution in [0.5, 0.6) is 0 Å². The first-order valence-corrected chi connectivity index (χ1v) is 12.9. The average molecular weight is 511 g/mol. The molecule has 0 aliphatic heterocycles. The minimum Gasteiger partial charge on any atom is -0.359 e. The first kappa shape index (κ1) is 24.4. The topological polar surface area (TPSA) is 82.3 Å². The lowest BCUT2D eigenvalue weighted by Gasteiger charge is -2.11. The van der Waals surface area contributed by atoms with Gasteiger partial charge in [0, 0.05) is 33.4 Å². The molecule has 0 fully saturated rings. The predicted molar refractivity (Wildman–Crippen MR) is 151 cm³/mol. The van der Waals surface area contributed by atoms with Crippen molar-refractivity contribution in [3.63, 3.8) is 0 Å². The highest BCUT2D eigenvalue weighted by Gasteiger charge is 2.17. The van der Waals surface area contributed by atoms with Crippen LogP contribution >= 0.6 is 11.3 Å². The maximum absolute atomic E-state index is 13.7. The van der Waals surface area contributed by atoms with Crippen LogP contribution in [0.1, 0.15) is 32.3 Å². The Bertz CT molecular complexity index is 1680. The van der Waals surface area contributed by atoms with E-state index in [1.807, 2.05) is 13.0 Å². The number of nitrogens with zero attached hydrogens (tertiary/aromatic N) is 3. The molecule has 6 nitrogen and oxygen atoms in total. The van der Waals surface area contributed by atoms with E-state index >= 15 is 0 Å².